The van der Waals surface area contributed by atoms with E-state index < -0.39 is 0 Å². The zero-order valence-corrected chi connectivity index (χ0v) is 24.5. The predicted molar refractivity (Wildman–Crippen MR) is 178 cm³/mol. The van der Waals surface area contributed by atoms with E-state index in [-0.39, 0.29) is 0 Å². The Bertz CT molecular complexity index is 2230. The van der Waals surface area contributed by atoms with E-state index in [0.29, 0.717) is 16.4 Å². The van der Waals surface area contributed by atoms with Gasteiger partial charge in [-0.2, -0.15) is 0 Å². The minimum absolute atomic E-state index is 0.625. The molecule has 3 aromatic heterocycles. The average molecular weight is 582 g/mol. The summed E-state index contributed by atoms with van der Waals surface area (Å²) in [5.41, 5.74) is 8.02. The highest BCUT2D eigenvalue weighted by Gasteiger charge is 2.22. The lowest BCUT2D eigenvalue weighted by atomic mass is 10.0. The Morgan fingerprint density at radius 1 is 0.674 bits per heavy atom. The molecule has 0 radical (unpaired) electrons. The summed E-state index contributed by atoms with van der Waals surface area (Å²) in [6.45, 7) is 4.25. The number of anilines is 2. The van der Waals surface area contributed by atoms with Crippen molar-refractivity contribution < 1.29 is 8.83 Å². The topological polar surface area (TPSA) is 64.1 Å². The minimum atomic E-state index is 0.625. The van der Waals surface area contributed by atoms with Crippen LogP contribution in [0, 0.1) is 0 Å². The van der Waals surface area contributed by atoms with Gasteiger partial charge in [-0.05, 0) is 42.5 Å². The molecule has 0 unspecified atom stereocenters. The molecule has 0 spiro atoms. The molecule has 5 nitrogen and oxygen atoms in total. The van der Waals surface area contributed by atoms with Gasteiger partial charge in [-0.1, -0.05) is 105 Å². The molecular weight excluding hydrogens is 554 g/mol. The summed E-state index contributed by atoms with van der Waals surface area (Å²) in [4.78, 5) is 10.1. The first kappa shape index (κ1) is 26.7. The number of nitrogens with zero attached hydrogens (tertiary/aromatic N) is 2. The van der Waals surface area contributed by atoms with Crippen molar-refractivity contribution in [2.24, 2.45) is 0 Å². The molecule has 3 heterocycles. The summed E-state index contributed by atoms with van der Waals surface area (Å²) in [5.74, 6) is 0.625. The first-order valence-electron chi connectivity index (χ1n) is 14.4. The number of furan rings is 2. The highest BCUT2D eigenvalue weighted by molar-refractivity contribution is 6.33. The third-order valence-corrected chi connectivity index (χ3v) is 7.48. The number of halogens is 1. The molecule has 0 saturated heterocycles. The summed E-state index contributed by atoms with van der Waals surface area (Å²) in [7, 11) is 0. The van der Waals surface area contributed by atoms with Crippen molar-refractivity contribution in [3.05, 3.63) is 120 Å². The van der Waals surface area contributed by atoms with Gasteiger partial charge in [0.25, 0.3) is 0 Å². The molecule has 8 aromatic rings. The lowest BCUT2D eigenvalue weighted by molar-refractivity contribution is 0.667. The summed E-state index contributed by atoms with van der Waals surface area (Å²) in [5, 5.41) is 6.99. The van der Waals surface area contributed by atoms with Gasteiger partial charge in [0.15, 0.2) is 11.4 Å². The van der Waals surface area contributed by atoms with Crippen LogP contribution in [0.1, 0.15) is 20.3 Å². The quantitative estimate of drug-likeness (QED) is 0.224. The van der Waals surface area contributed by atoms with Gasteiger partial charge in [-0.25, -0.2) is 9.97 Å². The van der Waals surface area contributed by atoms with Crippen LogP contribution >= 0.6 is 11.6 Å². The molecular formula is C37H28ClN3O2. The molecule has 0 aliphatic rings. The van der Waals surface area contributed by atoms with Crippen molar-refractivity contribution in [2.75, 3.05) is 5.32 Å². The Hall–Kier alpha value is -5.13. The van der Waals surface area contributed by atoms with E-state index in [0.717, 1.165) is 66.6 Å². The minimum Gasteiger partial charge on any atom is -0.456 e. The Balaban J connectivity index is 0.000000963. The SMILES string of the molecule is CCC.Clc1ccccc1Nc1ccc2oc3c(-c4cccc5oc6ccccc6c45)nc(-c4ccccc4)nc3c2c1. The average Bonchev–Trinajstić information content (AvgIpc) is 3.61. The third-order valence-electron chi connectivity index (χ3n) is 7.15. The Morgan fingerprint density at radius 2 is 1.40 bits per heavy atom. The molecule has 210 valence electrons. The van der Waals surface area contributed by atoms with E-state index in [1.165, 1.54) is 6.42 Å². The Kier molecular flexibility index (Phi) is 7.01. The van der Waals surface area contributed by atoms with E-state index in [4.69, 9.17) is 30.4 Å². The van der Waals surface area contributed by atoms with Crippen LogP contribution in [0.5, 0.6) is 0 Å². The Morgan fingerprint density at radius 3 is 2.23 bits per heavy atom. The van der Waals surface area contributed by atoms with Crippen molar-refractivity contribution >= 4 is 67.0 Å². The first-order valence-corrected chi connectivity index (χ1v) is 14.7. The van der Waals surface area contributed by atoms with Crippen LogP contribution in [0.2, 0.25) is 5.02 Å². The van der Waals surface area contributed by atoms with Gasteiger partial charge in [0.1, 0.15) is 28.0 Å². The zero-order valence-electron chi connectivity index (χ0n) is 23.8. The van der Waals surface area contributed by atoms with Gasteiger partial charge in [0.2, 0.25) is 0 Å². The number of benzene rings is 5. The largest absolute Gasteiger partial charge is 0.456 e. The fraction of sp³-hybridized carbons (Fsp3) is 0.0811. The van der Waals surface area contributed by atoms with Crippen molar-refractivity contribution in [1.29, 1.82) is 0 Å². The van der Waals surface area contributed by atoms with Gasteiger partial charge in [-0.15, -0.1) is 0 Å². The van der Waals surface area contributed by atoms with Crippen molar-refractivity contribution in [3.8, 4) is 22.6 Å². The maximum absolute atomic E-state index is 6.49. The molecule has 0 amide bonds. The van der Waals surface area contributed by atoms with Crippen LogP contribution in [-0.2, 0) is 0 Å². The van der Waals surface area contributed by atoms with Gasteiger partial charge < -0.3 is 14.2 Å². The number of fused-ring (bicyclic) bond motifs is 6. The molecule has 0 saturated carbocycles. The van der Waals surface area contributed by atoms with Crippen LogP contribution in [0.4, 0.5) is 11.4 Å². The fourth-order valence-electron chi connectivity index (χ4n) is 5.31. The number of rotatable bonds is 4. The number of hydrogen-bond donors (Lipinski definition) is 1. The van der Waals surface area contributed by atoms with Crippen molar-refractivity contribution in [1.82, 2.24) is 9.97 Å². The Labute approximate surface area is 253 Å². The lowest BCUT2D eigenvalue weighted by Gasteiger charge is -2.08. The van der Waals surface area contributed by atoms with E-state index >= 15 is 0 Å². The normalized spacial score (nSPS) is 11.2. The molecule has 1 N–H and O–H groups in total. The second-order valence-electron chi connectivity index (χ2n) is 10.3. The summed E-state index contributed by atoms with van der Waals surface area (Å²) < 4.78 is 12.7. The van der Waals surface area contributed by atoms with Crippen LogP contribution < -0.4 is 5.32 Å². The number of aromatic nitrogens is 2. The summed E-state index contributed by atoms with van der Waals surface area (Å²) in [6, 6.07) is 37.8. The third kappa shape index (κ3) is 4.88. The van der Waals surface area contributed by atoms with E-state index in [1.807, 2.05) is 103 Å². The standard InChI is InChI=1S/C34H20ClN3O2.C3H8/c35-25-13-5-6-14-26(25)36-21-17-18-28-24(19-21)32-33(40-28)31(37-34(38-32)20-9-2-1-3-10-20)23-12-8-16-29-30(23)22-11-4-7-15-27(22)39-29;1-3-2/h1-19,36H;3H2,1-2H3. The smallest absolute Gasteiger partial charge is 0.180 e. The zero-order chi connectivity index (χ0) is 29.3. The maximum atomic E-state index is 6.49. The fourth-order valence-corrected chi connectivity index (χ4v) is 5.49. The van der Waals surface area contributed by atoms with Crippen molar-refractivity contribution in [3.63, 3.8) is 0 Å². The predicted octanol–water partition coefficient (Wildman–Crippen LogP) is 11.4. The van der Waals surface area contributed by atoms with Gasteiger partial charge in [0.05, 0.1) is 10.7 Å². The number of hydrogen-bond acceptors (Lipinski definition) is 5. The molecule has 0 aliphatic carbocycles. The van der Waals surface area contributed by atoms with Gasteiger partial charge >= 0.3 is 0 Å². The highest BCUT2D eigenvalue weighted by atomic mass is 35.5. The van der Waals surface area contributed by atoms with Gasteiger partial charge in [-0.3, -0.25) is 0 Å². The number of para-hydroxylation sites is 2. The van der Waals surface area contributed by atoms with Gasteiger partial charge in [0, 0.05) is 33.0 Å². The van der Waals surface area contributed by atoms with E-state index in [2.05, 4.69) is 31.3 Å². The second kappa shape index (κ2) is 11.3. The number of nitrogens with one attached hydrogen (secondary N) is 1. The molecule has 5 aromatic carbocycles. The van der Waals surface area contributed by atoms with Crippen molar-refractivity contribution in [2.45, 2.75) is 20.3 Å². The molecule has 0 fully saturated rings. The second-order valence-corrected chi connectivity index (χ2v) is 10.7. The van der Waals surface area contributed by atoms with Crippen LogP contribution in [0.25, 0.3) is 66.7 Å². The summed E-state index contributed by atoms with van der Waals surface area (Å²) in [6.07, 6.45) is 1.25. The molecule has 0 atom stereocenters. The molecule has 43 heavy (non-hydrogen) atoms. The first-order chi connectivity index (χ1) is 21.1. The van der Waals surface area contributed by atoms with E-state index in [1.54, 1.807) is 0 Å². The molecule has 8 rings (SSSR count). The molecule has 0 aliphatic heterocycles. The van der Waals surface area contributed by atoms with Crippen LogP contribution in [-0.4, -0.2) is 9.97 Å². The summed E-state index contributed by atoms with van der Waals surface area (Å²) >= 11 is 6.41. The molecule has 0 bridgehead atoms. The molecule has 6 heteroatoms. The lowest BCUT2D eigenvalue weighted by Crippen LogP contribution is -1.94. The van der Waals surface area contributed by atoms with Crippen LogP contribution in [0.15, 0.2) is 124 Å². The maximum Gasteiger partial charge on any atom is 0.180 e. The highest BCUT2D eigenvalue weighted by Crippen LogP contribution is 2.41. The van der Waals surface area contributed by atoms with Crippen LogP contribution in [0.3, 0.4) is 0 Å². The monoisotopic (exact) mass is 581 g/mol. The van der Waals surface area contributed by atoms with E-state index in [9.17, 15) is 0 Å².